The standard InChI is InChI=1S/C15H18FNO/c16-13-3-1-2-4-14(13)17-15(18)9-12-8-10-5-6-11(12)7-10/h1-4,10-12H,5-9H2,(H,17,18)/t10-,11+,12-/m0/s1. The van der Waals surface area contributed by atoms with Gasteiger partial charge < -0.3 is 5.32 Å². The molecule has 1 aromatic carbocycles. The predicted octanol–water partition coefficient (Wildman–Crippen LogP) is 3.59. The molecule has 3 rings (SSSR count). The highest BCUT2D eigenvalue weighted by atomic mass is 19.1. The van der Waals surface area contributed by atoms with E-state index in [2.05, 4.69) is 5.32 Å². The summed E-state index contributed by atoms with van der Waals surface area (Å²) in [5, 5.41) is 2.68. The molecule has 3 heteroatoms. The van der Waals surface area contributed by atoms with E-state index in [0.717, 1.165) is 11.8 Å². The fraction of sp³-hybridized carbons (Fsp3) is 0.533. The van der Waals surface area contributed by atoms with Crippen molar-refractivity contribution in [2.45, 2.75) is 32.1 Å². The number of anilines is 1. The van der Waals surface area contributed by atoms with Crippen LogP contribution in [0.1, 0.15) is 32.1 Å². The van der Waals surface area contributed by atoms with Crippen LogP contribution >= 0.6 is 0 Å². The van der Waals surface area contributed by atoms with Crippen LogP contribution in [0.5, 0.6) is 0 Å². The summed E-state index contributed by atoms with van der Waals surface area (Å²) in [6.45, 7) is 0. The van der Waals surface area contributed by atoms with Gasteiger partial charge in [0.2, 0.25) is 5.91 Å². The third-order valence-corrected chi connectivity index (χ3v) is 4.48. The molecule has 3 atom stereocenters. The van der Waals surface area contributed by atoms with E-state index in [1.165, 1.54) is 31.7 Å². The summed E-state index contributed by atoms with van der Waals surface area (Å²) in [4.78, 5) is 11.9. The normalized spacial score (nSPS) is 29.5. The van der Waals surface area contributed by atoms with Crippen molar-refractivity contribution in [1.29, 1.82) is 0 Å². The van der Waals surface area contributed by atoms with Crippen LogP contribution in [-0.4, -0.2) is 5.91 Å². The summed E-state index contributed by atoms with van der Waals surface area (Å²) in [7, 11) is 0. The Hall–Kier alpha value is -1.38. The smallest absolute Gasteiger partial charge is 0.224 e. The zero-order chi connectivity index (χ0) is 12.5. The zero-order valence-electron chi connectivity index (χ0n) is 10.4. The first-order valence-electron chi connectivity index (χ1n) is 6.77. The molecule has 1 N–H and O–H groups in total. The lowest BCUT2D eigenvalue weighted by molar-refractivity contribution is -0.117. The Morgan fingerprint density at radius 2 is 2.11 bits per heavy atom. The zero-order valence-corrected chi connectivity index (χ0v) is 10.4. The monoisotopic (exact) mass is 247 g/mol. The Morgan fingerprint density at radius 3 is 2.78 bits per heavy atom. The van der Waals surface area contributed by atoms with Crippen molar-refractivity contribution >= 4 is 11.6 Å². The summed E-state index contributed by atoms with van der Waals surface area (Å²) in [5.41, 5.74) is 0.297. The van der Waals surface area contributed by atoms with Gasteiger partial charge in [-0.3, -0.25) is 4.79 Å². The number of para-hydroxylation sites is 1. The van der Waals surface area contributed by atoms with Gasteiger partial charge >= 0.3 is 0 Å². The number of halogens is 1. The minimum absolute atomic E-state index is 0.0438. The van der Waals surface area contributed by atoms with E-state index in [0.29, 0.717) is 18.0 Å². The van der Waals surface area contributed by atoms with E-state index < -0.39 is 0 Å². The third kappa shape index (κ3) is 2.26. The van der Waals surface area contributed by atoms with Gasteiger partial charge in [0.15, 0.2) is 0 Å². The van der Waals surface area contributed by atoms with Crippen LogP contribution in [0, 0.1) is 23.6 Å². The molecule has 1 aromatic rings. The number of carbonyl (C=O) groups excluding carboxylic acids is 1. The minimum Gasteiger partial charge on any atom is -0.324 e. The molecule has 96 valence electrons. The highest BCUT2D eigenvalue weighted by molar-refractivity contribution is 5.91. The fourth-order valence-electron chi connectivity index (χ4n) is 3.63. The van der Waals surface area contributed by atoms with Gasteiger partial charge in [-0.1, -0.05) is 18.6 Å². The summed E-state index contributed by atoms with van der Waals surface area (Å²) < 4.78 is 13.4. The molecule has 2 saturated carbocycles. The van der Waals surface area contributed by atoms with Gasteiger partial charge in [0.05, 0.1) is 5.69 Å². The molecule has 18 heavy (non-hydrogen) atoms. The largest absolute Gasteiger partial charge is 0.324 e. The van der Waals surface area contributed by atoms with Crippen LogP contribution in [-0.2, 0) is 4.79 Å². The van der Waals surface area contributed by atoms with Crippen molar-refractivity contribution in [2.75, 3.05) is 5.32 Å². The van der Waals surface area contributed by atoms with Crippen LogP contribution in [0.25, 0.3) is 0 Å². The highest BCUT2D eigenvalue weighted by Crippen LogP contribution is 2.49. The second-order valence-corrected chi connectivity index (χ2v) is 5.67. The number of hydrogen-bond acceptors (Lipinski definition) is 1. The van der Waals surface area contributed by atoms with Crippen LogP contribution in [0.2, 0.25) is 0 Å². The number of fused-ring (bicyclic) bond motifs is 2. The van der Waals surface area contributed by atoms with Crippen molar-refractivity contribution < 1.29 is 9.18 Å². The Bertz CT molecular complexity index is 460. The second-order valence-electron chi connectivity index (χ2n) is 5.67. The van der Waals surface area contributed by atoms with Crippen molar-refractivity contribution in [3.8, 4) is 0 Å². The van der Waals surface area contributed by atoms with E-state index >= 15 is 0 Å². The lowest BCUT2D eigenvalue weighted by Gasteiger charge is -2.20. The lowest BCUT2D eigenvalue weighted by atomic mass is 9.86. The van der Waals surface area contributed by atoms with Gasteiger partial charge in [-0.15, -0.1) is 0 Å². The Balaban J connectivity index is 1.58. The number of amides is 1. The van der Waals surface area contributed by atoms with E-state index in [1.807, 2.05) is 0 Å². The SMILES string of the molecule is O=C(C[C@@H]1C[C@H]2CC[C@@H]1C2)Nc1ccccc1F. The van der Waals surface area contributed by atoms with Gasteiger partial charge in [0.25, 0.3) is 0 Å². The molecule has 2 fully saturated rings. The minimum atomic E-state index is -0.362. The Morgan fingerprint density at radius 1 is 1.28 bits per heavy atom. The molecule has 2 aliphatic carbocycles. The molecule has 0 heterocycles. The maximum Gasteiger partial charge on any atom is 0.224 e. The molecular weight excluding hydrogens is 229 g/mol. The molecule has 2 nitrogen and oxygen atoms in total. The molecule has 0 saturated heterocycles. The lowest BCUT2D eigenvalue weighted by Crippen LogP contribution is -2.20. The van der Waals surface area contributed by atoms with Crippen molar-refractivity contribution in [3.05, 3.63) is 30.1 Å². The molecule has 1 amide bonds. The Kier molecular flexibility index (Phi) is 3.06. The maximum absolute atomic E-state index is 13.4. The number of nitrogens with one attached hydrogen (secondary N) is 1. The first-order chi connectivity index (χ1) is 8.72. The number of carbonyl (C=O) groups is 1. The molecule has 2 bridgehead atoms. The Labute approximate surface area is 107 Å². The van der Waals surface area contributed by atoms with E-state index in [1.54, 1.807) is 18.2 Å². The van der Waals surface area contributed by atoms with Crippen LogP contribution in [0.15, 0.2) is 24.3 Å². The van der Waals surface area contributed by atoms with Gasteiger partial charge in [-0.05, 0) is 49.1 Å². The van der Waals surface area contributed by atoms with E-state index in [4.69, 9.17) is 0 Å². The van der Waals surface area contributed by atoms with Gasteiger partial charge in [-0.25, -0.2) is 4.39 Å². The molecule has 0 aliphatic heterocycles. The average molecular weight is 247 g/mol. The summed E-state index contributed by atoms with van der Waals surface area (Å²) >= 11 is 0. The van der Waals surface area contributed by atoms with Gasteiger partial charge in [0, 0.05) is 6.42 Å². The maximum atomic E-state index is 13.4. The van der Waals surface area contributed by atoms with Crippen LogP contribution in [0.3, 0.4) is 0 Å². The molecule has 2 aliphatic rings. The van der Waals surface area contributed by atoms with Gasteiger partial charge in [-0.2, -0.15) is 0 Å². The van der Waals surface area contributed by atoms with Crippen LogP contribution in [0.4, 0.5) is 10.1 Å². The fourth-order valence-corrected chi connectivity index (χ4v) is 3.63. The molecular formula is C15H18FNO. The number of rotatable bonds is 3. The number of hydrogen-bond donors (Lipinski definition) is 1. The van der Waals surface area contributed by atoms with Crippen molar-refractivity contribution in [3.63, 3.8) is 0 Å². The first kappa shape index (κ1) is 11.7. The van der Waals surface area contributed by atoms with Crippen LogP contribution < -0.4 is 5.32 Å². The molecule has 0 radical (unpaired) electrons. The van der Waals surface area contributed by atoms with Crippen molar-refractivity contribution in [2.24, 2.45) is 17.8 Å². The third-order valence-electron chi connectivity index (χ3n) is 4.48. The predicted molar refractivity (Wildman–Crippen MR) is 68.6 cm³/mol. The highest BCUT2D eigenvalue weighted by Gasteiger charge is 2.40. The average Bonchev–Trinajstić information content (AvgIpc) is 2.94. The summed E-state index contributed by atoms with van der Waals surface area (Å²) in [5.74, 6) is 1.70. The molecule has 0 aromatic heterocycles. The van der Waals surface area contributed by atoms with E-state index in [9.17, 15) is 9.18 Å². The topological polar surface area (TPSA) is 29.1 Å². The van der Waals surface area contributed by atoms with Gasteiger partial charge in [0.1, 0.15) is 5.82 Å². The molecule has 0 spiro atoms. The van der Waals surface area contributed by atoms with Crippen molar-refractivity contribution in [1.82, 2.24) is 0 Å². The second kappa shape index (κ2) is 4.71. The van der Waals surface area contributed by atoms with E-state index in [-0.39, 0.29) is 11.7 Å². The first-order valence-corrected chi connectivity index (χ1v) is 6.77. The summed E-state index contributed by atoms with van der Waals surface area (Å²) in [6.07, 6.45) is 5.67. The summed E-state index contributed by atoms with van der Waals surface area (Å²) in [6, 6.07) is 6.33. The number of benzene rings is 1. The quantitative estimate of drug-likeness (QED) is 0.869. The molecule has 0 unspecified atom stereocenters.